The molecule has 0 unspecified atom stereocenters. The molecule has 2 rings (SSSR count). The van der Waals surface area contributed by atoms with E-state index in [2.05, 4.69) is 15.9 Å². The number of halogens is 2. The average molecular weight is 379 g/mol. The Bertz CT molecular complexity index is 643. The van der Waals surface area contributed by atoms with E-state index in [-0.39, 0.29) is 37.5 Å². The number of sulfonamides is 1. The SMILES string of the molecule is CCS(=O)(=O)N1CCN(C(=O)c2cc(Br)ccc2F)CC1. The van der Waals surface area contributed by atoms with Crippen molar-refractivity contribution in [2.45, 2.75) is 6.92 Å². The largest absolute Gasteiger partial charge is 0.336 e. The summed E-state index contributed by atoms with van der Waals surface area (Å²) in [5.41, 5.74) is -0.00354. The van der Waals surface area contributed by atoms with Gasteiger partial charge in [-0.3, -0.25) is 4.79 Å². The minimum absolute atomic E-state index is 0.00354. The summed E-state index contributed by atoms with van der Waals surface area (Å²) in [7, 11) is -3.24. The highest BCUT2D eigenvalue weighted by Crippen LogP contribution is 2.18. The summed E-state index contributed by atoms with van der Waals surface area (Å²) in [5, 5.41) is 0. The molecule has 1 saturated heterocycles. The van der Waals surface area contributed by atoms with Crippen LogP contribution in [0.1, 0.15) is 17.3 Å². The van der Waals surface area contributed by atoms with Crippen LogP contribution < -0.4 is 0 Å². The third kappa shape index (κ3) is 3.61. The van der Waals surface area contributed by atoms with Gasteiger partial charge in [-0.05, 0) is 25.1 Å². The molecule has 0 saturated carbocycles. The quantitative estimate of drug-likeness (QED) is 0.803. The lowest BCUT2D eigenvalue weighted by molar-refractivity contribution is 0.0693. The van der Waals surface area contributed by atoms with E-state index >= 15 is 0 Å². The van der Waals surface area contributed by atoms with Crippen LogP contribution in [0.15, 0.2) is 22.7 Å². The number of rotatable bonds is 3. The van der Waals surface area contributed by atoms with E-state index in [1.165, 1.54) is 27.4 Å². The summed E-state index contributed by atoms with van der Waals surface area (Å²) >= 11 is 3.21. The van der Waals surface area contributed by atoms with E-state index in [9.17, 15) is 17.6 Å². The monoisotopic (exact) mass is 378 g/mol. The van der Waals surface area contributed by atoms with E-state index in [0.29, 0.717) is 4.47 Å². The van der Waals surface area contributed by atoms with Gasteiger partial charge in [-0.25, -0.2) is 12.8 Å². The standard InChI is InChI=1S/C13H16BrFN2O3S/c1-2-21(19,20)17-7-5-16(6-8-17)13(18)11-9-10(14)3-4-12(11)15/h3-4,9H,2,5-8H2,1H3. The van der Waals surface area contributed by atoms with E-state index < -0.39 is 21.7 Å². The molecular weight excluding hydrogens is 363 g/mol. The van der Waals surface area contributed by atoms with Crippen molar-refractivity contribution in [1.29, 1.82) is 0 Å². The normalized spacial score (nSPS) is 17.0. The molecule has 0 aromatic heterocycles. The van der Waals surface area contributed by atoms with Gasteiger partial charge in [-0.15, -0.1) is 0 Å². The zero-order valence-electron chi connectivity index (χ0n) is 11.6. The molecule has 5 nitrogen and oxygen atoms in total. The van der Waals surface area contributed by atoms with Crippen LogP contribution in [0.3, 0.4) is 0 Å². The smallest absolute Gasteiger partial charge is 0.256 e. The average Bonchev–Trinajstić information content (AvgIpc) is 2.49. The maximum absolute atomic E-state index is 13.7. The van der Waals surface area contributed by atoms with Crippen LogP contribution in [0.5, 0.6) is 0 Å². The molecule has 116 valence electrons. The Labute approximate surface area is 131 Å². The highest BCUT2D eigenvalue weighted by molar-refractivity contribution is 9.10. The molecule has 1 aliphatic rings. The Morgan fingerprint density at radius 1 is 1.29 bits per heavy atom. The van der Waals surface area contributed by atoms with Crippen LogP contribution in [0.25, 0.3) is 0 Å². The molecule has 0 radical (unpaired) electrons. The zero-order valence-corrected chi connectivity index (χ0v) is 14.0. The number of hydrogen-bond acceptors (Lipinski definition) is 3. The van der Waals surface area contributed by atoms with Gasteiger partial charge in [0.25, 0.3) is 5.91 Å². The van der Waals surface area contributed by atoms with Crippen LogP contribution in [-0.4, -0.2) is 55.5 Å². The van der Waals surface area contributed by atoms with Crippen molar-refractivity contribution in [3.63, 3.8) is 0 Å². The molecule has 1 aromatic carbocycles. The third-order valence-electron chi connectivity index (χ3n) is 3.44. The Balaban J connectivity index is 2.09. The van der Waals surface area contributed by atoms with Gasteiger partial charge in [0, 0.05) is 30.7 Å². The minimum Gasteiger partial charge on any atom is -0.336 e. The Morgan fingerprint density at radius 2 is 1.90 bits per heavy atom. The van der Waals surface area contributed by atoms with Gasteiger partial charge < -0.3 is 4.90 Å². The van der Waals surface area contributed by atoms with Gasteiger partial charge in [0.2, 0.25) is 10.0 Å². The van der Waals surface area contributed by atoms with E-state index in [1.54, 1.807) is 6.92 Å². The molecule has 0 bridgehead atoms. The maximum Gasteiger partial charge on any atom is 0.256 e. The van der Waals surface area contributed by atoms with Crippen molar-refractivity contribution in [3.8, 4) is 0 Å². The highest BCUT2D eigenvalue weighted by atomic mass is 79.9. The van der Waals surface area contributed by atoms with Crippen molar-refractivity contribution in [3.05, 3.63) is 34.1 Å². The van der Waals surface area contributed by atoms with Crippen LogP contribution in [-0.2, 0) is 10.0 Å². The summed E-state index contributed by atoms with van der Waals surface area (Å²) in [6.45, 7) is 2.62. The zero-order chi connectivity index (χ0) is 15.6. The summed E-state index contributed by atoms with van der Waals surface area (Å²) < 4.78 is 39.2. The molecule has 1 heterocycles. The molecule has 21 heavy (non-hydrogen) atoms. The van der Waals surface area contributed by atoms with Gasteiger partial charge in [-0.2, -0.15) is 4.31 Å². The van der Waals surface area contributed by atoms with Crippen molar-refractivity contribution < 1.29 is 17.6 Å². The van der Waals surface area contributed by atoms with Crippen LogP contribution in [0.4, 0.5) is 4.39 Å². The summed E-state index contributed by atoms with van der Waals surface area (Å²) in [6, 6.07) is 4.19. The first-order valence-corrected chi connectivity index (χ1v) is 8.97. The van der Waals surface area contributed by atoms with Crippen molar-refractivity contribution in [1.82, 2.24) is 9.21 Å². The fraction of sp³-hybridized carbons (Fsp3) is 0.462. The molecule has 1 aliphatic heterocycles. The molecular formula is C13H16BrFN2O3S. The topological polar surface area (TPSA) is 57.7 Å². The van der Waals surface area contributed by atoms with Crippen molar-refractivity contribution in [2.24, 2.45) is 0 Å². The second-order valence-corrected chi connectivity index (χ2v) is 7.89. The number of piperazine rings is 1. The van der Waals surface area contributed by atoms with Gasteiger partial charge in [0.05, 0.1) is 11.3 Å². The predicted molar refractivity (Wildman–Crippen MR) is 81.0 cm³/mol. The first-order valence-electron chi connectivity index (χ1n) is 6.57. The first-order chi connectivity index (χ1) is 9.85. The molecule has 1 fully saturated rings. The number of nitrogens with zero attached hydrogens (tertiary/aromatic N) is 2. The summed E-state index contributed by atoms with van der Waals surface area (Å²) in [6.07, 6.45) is 0. The first kappa shape index (κ1) is 16.4. The molecule has 1 aromatic rings. The van der Waals surface area contributed by atoms with Gasteiger partial charge >= 0.3 is 0 Å². The maximum atomic E-state index is 13.7. The lowest BCUT2D eigenvalue weighted by atomic mass is 10.1. The Kier molecular flexibility index (Phi) is 5.00. The number of carbonyl (C=O) groups excluding carboxylic acids is 1. The van der Waals surface area contributed by atoms with E-state index in [0.717, 1.165) is 0 Å². The molecule has 1 amide bonds. The second kappa shape index (κ2) is 6.41. The number of hydrogen-bond donors (Lipinski definition) is 0. The molecule has 0 N–H and O–H groups in total. The number of benzene rings is 1. The van der Waals surface area contributed by atoms with E-state index in [4.69, 9.17) is 0 Å². The fourth-order valence-electron chi connectivity index (χ4n) is 2.18. The lowest BCUT2D eigenvalue weighted by Gasteiger charge is -2.33. The van der Waals surface area contributed by atoms with Crippen molar-refractivity contribution in [2.75, 3.05) is 31.9 Å². The minimum atomic E-state index is -3.24. The summed E-state index contributed by atoms with van der Waals surface area (Å²) in [5.74, 6) is -0.949. The molecule has 8 heteroatoms. The van der Waals surface area contributed by atoms with Crippen LogP contribution in [0, 0.1) is 5.82 Å². The molecule has 0 spiro atoms. The van der Waals surface area contributed by atoms with Gasteiger partial charge in [0.15, 0.2) is 0 Å². The highest BCUT2D eigenvalue weighted by Gasteiger charge is 2.29. The Hall–Kier alpha value is -0.990. The Morgan fingerprint density at radius 3 is 2.48 bits per heavy atom. The van der Waals surface area contributed by atoms with Crippen LogP contribution in [0.2, 0.25) is 0 Å². The fourth-order valence-corrected chi connectivity index (χ4v) is 3.63. The van der Waals surface area contributed by atoms with Crippen LogP contribution >= 0.6 is 15.9 Å². The number of carbonyl (C=O) groups is 1. The lowest BCUT2D eigenvalue weighted by Crippen LogP contribution is -2.51. The van der Waals surface area contributed by atoms with Gasteiger partial charge in [0.1, 0.15) is 5.82 Å². The number of amides is 1. The third-order valence-corrected chi connectivity index (χ3v) is 5.82. The predicted octanol–water partition coefficient (Wildman–Crippen LogP) is 1.70. The second-order valence-electron chi connectivity index (χ2n) is 4.72. The van der Waals surface area contributed by atoms with E-state index in [1.807, 2.05) is 0 Å². The molecule has 0 atom stereocenters. The van der Waals surface area contributed by atoms with Crippen molar-refractivity contribution >= 4 is 31.9 Å². The molecule has 0 aliphatic carbocycles. The van der Waals surface area contributed by atoms with Gasteiger partial charge in [-0.1, -0.05) is 15.9 Å². The summed E-state index contributed by atoms with van der Waals surface area (Å²) in [4.78, 5) is 13.8.